The van der Waals surface area contributed by atoms with Crippen LogP contribution in [-0.2, 0) is 21.3 Å². The van der Waals surface area contributed by atoms with Crippen molar-refractivity contribution in [3.63, 3.8) is 0 Å². The number of thiazole rings is 1. The van der Waals surface area contributed by atoms with Crippen LogP contribution in [0.15, 0.2) is 34.5 Å². The predicted molar refractivity (Wildman–Crippen MR) is 115 cm³/mol. The molecule has 30 heavy (non-hydrogen) atoms. The van der Waals surface area contributed by atoms with E-state index < -0.39 is 10.0 Å². The Balaban J connectivity index is 1.42. The molecule has 1 aromatic heterocycles. The molecule has 2 aliphatic rings. The van der Waals surface area contributed by atoms with E-state index in [1.54, 1.807) is 18.2 Å². The lowest BCUT2D eigenvalue weighted by Gasteiger charge is -2.26. The summed E-state index contributed by atoms with van der Waals surface area (Å²) in [6, 6.07) is 6.22. The van der Waals surface area contributed by atoms with E-state index in [0.29, 0.717) is 23.8 Å². The van der Waals surface area contributed by atoms with Crippen LogP contribution in [0.4, 0.5) is 5.13 Å². The van der Waals surface area contributed by atoms with Crippen LogP contribution in [0.25, 0.3) is 0 Å². The van der Waals surface area contributed by atoms with E-state index >= 15 is 0 Å². The van der Waals surface area contributed by atoms with E-state index in [-0.39, 0.29) is 10.8 Å². The summed E-state index contributed by atoms with van der Waals surface area (Å²) in [5.74, 6) is -0.363. The molecule has 0 bridgehead atoms. The van der Waals surface area contributed by atoms with E-state index in [4.69, 9.17) is 4.74 Å². The minimum absolute atomic E-state index is 0.157. The average Bonchev–Trinajstić information content (AvgIpc) is 3.21. The molecule has 2 saturated heterocycles. The van der Waals surface area contributed by atoms with E-state index in [0.717, 1.165) is 57.8 Å². The van der Waals surface area contributed by atoms with Crippen LogP contribution in [0.1, 0.15) is 35.3 Å². The summed E-state index contributed by atoms with van der Waals surface area (Å²) in [4.78, 5) is 19.6. The number of aromatic nitrogens is 1. The number of benzene rings is 1. The summed E-state index contributed by atoms with van der Waals surface area (Å²) >= 11 is 1.37. The van der Waals surface area contributed by atoms with Gasteiger partial charge in [-0.1, -0.05) is 12.5 Å². The number of anilines is 1. The monoisotopic (exact) mass is 450 g/mol. The maximum absolute atomic E-state index is 12.9. The van der Waals surface area contributed by atoms with E-state index in [1.165, 1.54) is 21.7 Å². The van der Waals surface area contributed by atoms with Crippen molar-refractivity contribution in [3.8, 4) is 0 Å². The zero-order valence-electron chi connectivity index (χ0n) is 16.7. The van der Waals surface area contributed by atoms with Crippen LogP contribution < -0.4 is 5.32 Å². The van der Waals surface area contributed by atoms with Gasteiger partial charge in [0, 0.05) is 43.7 Å². The van der Waals surface area contributed by atoms with Gasteiger partial charge in [0.2, 0.25) is 10.0 Å². The van der Waals surface area contributed by atoms with Crippen molar-refractivity contribution in [2.24, 2.45) is 0 Å². The molecule has 0 aliphatic carbocycles. The molecule has 10 heteroatoms. The van der Waals surface area contributed by atoms with Gasteiger partial charge in [-0.05, 0) is 31.0 Å². The third kappa shape index (κ3) is 5.06. The number of amides is 1. The Hall–Kier alpha value is -1.85. The Morgan fingerprint density at radius 1 is 1.13 bits per heavy atom. The van der Waals surface area contributed by atoms with Gasteiger partial charge in [0.05, 0.1) is 23.8 Å². The minimum atomic E-state index is -3.58. The molecule has 0 unspecified atom stereocenters. The van der Waals surface area contributed by atoms with Crippen LogP contribution in [-0.4, -0.2) is 67.9 Å². The Bertz CT molecular complexity index is 980. The maximum atomic E-state index is 12.9. The Morgan fingerprint density at radius 2 is 1.90 bits per heavy atom. The Labute approximate surface area is 180 Å². The normalized spacial score (nSPS) is 18.9. The van der Waals surface area contributed by atoms with Gasteiger partial charge in [0.25, 0.3) is 5.91 Å². The minimum Gasteiger partial charge on any atom is -0.379 e. The molecule has 8 nitrogen and oxygen atoms in total. The second-order valence-electron chi connectivity index (χ2n) is 7.48. The molecule has 1 amide bonds. The molecule has 0 saturated carbocycles. The maximum Gasteiger partial charge on any atom is 0.257 e. The second-order valence-corrected chi connectivity index (χ2v) is 10.3. The highest BCUT2D eigenvalue weighted by molar-refractivity contribution is 7.89. The molecule has 2 aromatic rings. The molecule has 0 spiro atoms. The summed E-state index contributed by atoms with van der Waals surface area (Å²) in [5.41, 5.74) is 1.21. The molecule has 2 fully saturated rings. The van der Waals surface area contributed by atoms with Gasteiger partial charge in [-0.15, -0.1) is 11.3 Å². The van der Waals surface area contributed by atoms with Crippen LogP contribution in [0.2, 0.25) is 0 Å². The third-order valence-electron chi connectivity index (χ3n) is 5.31. The third-order valence-corrected chi connectivity index (χ3v) is 8.01. The van der Waals surface area contributed by atoms with Crippen molar-refractivity contribution in [2.45, 2.75) is 30.7 Å². The number of carbonyl (C=O) groups is 1. The fourth-order valence-corrected chi connectivity index (χ4v) is 5.91. The lowest BCUT2D eigenvalue weighted by Crippen LogP contribution is -2.35. The van der Waals surface area contributed by atoms with Gasteiger partial charge in [0.15, 0.2) is 5.13 Å². The standard InChI is InChI=1S/C20H26N4O4S2/c25-19(22-20-21-17(15-29-20)14-23-9-11-28-12-10-23)16-5-4-6-18(13-16)30(26,27)24-7-2-1-3-8-24/h4-6,13,15H,1-3,7-12,14H2,(H,21,22,25). The first-order valence-corrected chi connectivity index (χ1v) is 12.5. The number of rotatable bonds is 6. The van der Waals surface area contributed by atoms with Gasteiger partial charge in [0.1, 0.15) is 0 Å². The number of sulfonamides is 1. The fourth-order valence-electron chi connectivity index (χ4n) is 3.65. The number of hydrogen-bond acceptors (Lipinski definition) is 7. The number of hydrogen-bond donors (Lipinski definition) is 1. The summed E-state index contributed by atoms with van der Waals surface area (Å²) in [6.07, 6.45) is 2.79. The van der Waals surface area contributed by atoms with Crippen molar-refractivity contribution >= 4 is 32.4 Å². The topological polar surface area (TPSA) is 91.8 Å². The van der Waals surface area contributed by atoms with Crippen LogP contribution in [0, 0.1) is 0 Å². The van der Waals surface area contributed by atoms with Crippen molar-refractivity contribution < 1.29 is 17.9 Å². The summed E-state index contributed by atoms with van der Waals surface area (Å²) in [6.45, 7) is 4.98. The number of ether oxygens (including phenoxy) is 1. The first-order valence-electron chi connectivity index (χ1n) is 10.2. The van der Waals surface area contributed by atoms with E-state index in [1.807, 2.05) is 5.38 Å². The highest BCUT2D eigenvalue weighted by Crippen LogP contribution is 2.23. The van der Waals surface area contributed by atoms with Crippen molar-refractivity contribution in [2.75, 3.05) is 44.7 Å². The molecular formula is C20H26N4O4S2. The average molecular weight is 451 g/mol. The molecule has 3 heterocycles. The van der Waals surface area contributed by atoms with Crippen molar-refractivity contribution in [1.82, 2.24) is 14.2 Å². The molecular weight excluding hydrogens is 424 g/mol. The molecule has 2 aliphatic heterocycles. The number of morpholine rings is 1. The van der Waals surface area contributed by atoms with E-state index in [2.05, 4.69) is 15.2 Å². The number of carbonyl (C=O) groups excluding carboxylic acids is 1. The fraction of sp³-hybridized carbons (Fsp3) is 0.500. The zero-order valence-corrected chi connectivity index (χ0v) is 18.4. The lowest BCUT2D eigenvalue weighted by atomic mass is 10.2. The van der Waals surface area contributed by atoms with Gasteiger partial charge in [-0.3, -0.25) is 15.0 Å². The molecule has 162 valence electrons. The molecule has 0 atom stereocenters. The van der Waals surface area contributed by atoms with Gasteiger partial charge in [-0.2, -0.15) is 4.31 Å². The highest BCUT2D eigenvalue weighted by Gasteiger charge is 2.26. The van der Waals surface area contributed by atoms with Gasteiger partial charge >= 0.3 is 0 Å². The quantitative estimate of drug-likeness (QED) is 0.727. The largest absolute Gasteiger partial charge is 0.379 e. The zero-order chi connectivity index (χ0) is 21.0. The first kappa shape index (κ1) is 21.4. The molecule has 0 radical (unpaired) electrons. The SMILES string of the molecule is O=C(Nc1nc(CN2CCOCC2)cs1)c1cccc(S(=O)(=O)N2CCCCC2)c1. The highest BCUT2D eigenvalue weighted by atomic mass is 32.2. The predicted octanol–water partition coefficient (Wildman–Crippen LogP) is 2.40. The lowest BCUT2D eigenvalue weighted by molar-refractivity contribution is 0.0337. The van der Waals surface area contributed by atoms with Crippen LogP contribution in [0.5, 0.6) is 0 Å². The van der Waals surface area contributed by atoms with E-state index in [9.17, 15) is 13.2 Å². The number of nitrogens with one attached hydrogen (secondary N) is 1. The first-order chi connectivity index (χ1) is 14.5. The summed E-state index contributed by atoms with van der Waals surface area (Å²) in [7, 11) is -3.58. The van der Waals surface area contributed by atoms with Gasteiger partial charge < -0.3 is 4.74 Å². The van der Waals surface area contributed by atoms with Crippen LogP contribution in [0.3, 0.4) is 0 Å². The smallest absolute Gasteiger partial charge is 0.257 e. The number of piperidine rings is 1. The van der Waals surface area contributed by atoms with Gasteiger partial charge in [-0.25, -0.2) is 13.4 Å². The Kier molecular flexibility index (Phi) is 6.79. The summed E-state index contributed by atoms with van der Waals surface area (Å²) in [5, 5.41) is 5.23. The summed E-state index contributed by atoms with van der Waals surface area (Å²) < 4.78 is 32.6. The molecule has 1 N–H and O–H groups in total. The van der Waals surface area contributed by atoms with Crippen molar-refractivity contribution in [3.05, 3.63) is 40.9 Å². The number of nitrogens with zero attached hydrogens (tertiary/aromatic N) is 3. The van der Waals surface area contributed by atoms with Crippen molar-refractivity contribution in [1.29, 1.82) is 0 Å². The second kappa shape index (κ2) is 9.52. The Morgan fingerprint density at radius 3 is 2.67 bits per heavy atom. The molecule has 4 rings (SSSR count). The van der Waals surface area contributed by atoms with Crippen LogP contribution >= 0.6 is 11.3 Å². The molecule has 1 aromatic carbocycles.